The Balaban J connectivity index is 2.22. The minimum absolute atomic E-state index is 0.00934. The SMILES string of the molecule is Cc1cc(C2SCCC(=O)N2CC(C)(C)CN(C)C)oc1C. The Kier molecular flexibility index (Phi) is 5.28. The molecule has 5 heteroatoms. The van der Waals surface area contributed by atoms with Gasteiger partial charge in [-0.05, 0) is 45.0 Å². The third-order valence-corrected chi connectivity index (χ3v) is 5.21. The van der Waals surface area contributed by atoms with Crippen LogP contribution < -0.4 is 0 Å². The van der Waals surface area contributed by atoms with Crippen molar-refractivity contribution in [2.45, 2.75) is 39.5 Å². The number of hydrogen-bond acceptors (Lipinski definition) is 4. The predicted octanol–water partition coefficient (Wildman–Crippen LogP) is 3.45. The highest BCUT2D eigenvalue weighted by molar-refractivity contribution is 7.99. The molecular weight excluding hydrogens is 296 g/mol. The van der Waals surface area contributed by atoms with E-state index in [1.165, 1.54) is 0 Å². The first kappa shape index (κ1) is 17.4. The molecule has 2 heterocycles. The molecule has 1 saturated heterocycles. The zero-order valence-corrected chi connectivity index (χ0v) is 15.4. The average molecular weight is 324 g/mol. The lowest BCUT2D eigenvalue weighted by molar-refractivity contribution is -0.134. The first-order valence-corrected chi connectivity index (χ1v) is 8.87. The minimum Gasteiger partial charge on any atom is -0.463 e. The number of hydrogen-bond donors (Lipinski definition) is 0. The van der Waals surface area contributed by atoms with Crippen LogP contribution in [0.1, 0.15) is 42.7 Å². The molecule has 0 radical (unpaired) electrons. The summed E-state index contributed by atoms with van der Waals surface area (Å²) < 4.78 is 5.90. The van der Waals surface area contributed by atoms with Crippen LogP contribution in [-0.2, 0) is 4.79 Å². The van der Waals surface area contributed by atoms with Crippen molar-refractivity contribution in [3.8, 4) is 0 Å². The summed E-state index contributed by atoms with van der Waals surface area (Å²) in [5, 5.41) is 0.00934. The van der Waals surface area contributed by atoms with E-state index in [1.54, 1.807) is 0 Å². The van der Waals surface area contributed by atoms with Gasteiger partial charge < -0.3 is 14.2 Å². The van der Waals surface area contributed by atoms with Gasteiger partial charge in [-0.2, -0.15) is 0 Å². The first-order valence-electron chi connectivity index (χ1n) is 7.82. The third-order valence-electron chi connectivity index (χ3n) is 3.97. The highest BCUT2D eigenvalue weighted by Gasteiger charge is 2.36. The van der Waals surface area contributed by atoms with Crippen molar-refractivity contribution < 1.29 is 9.21 Å². The second-order valence-corrected chi connectivity index (χ2v) is 8.47. The number of thioether (sulfide) groups is 1. The van der Waals surface area contributed by atoms with Crippen molar-refractivity contribution in [2.75, 3.05) is 32.9 Å². The topological polar surface area (TPSA) is 36.7 Å². The summed E-state index contributed by atoms with van der Waals surface area (Å²) in [6.07, 6.45) is 0.623. The second-order valence-electron chi connectivity index (χ2n) is 7.28. The van der Waals surface area contributed by atoms with Crippen LogP contribution in [0.5, 0.6) is 0 Å². The lowest BCUT2D eigenvalue weighted by Gasteiger charge is -2.40. The lowest BCUT2D eigenvalue weighted by atomic mass is 9.92. The molecule has 0 N–H and O–H groups in total. The van der Waals surface area contributed by atoms with Crippen LogP contribution in [0, 0.1) is 19.3 Å². The predicted molar refractivity (Wildman–Crippen MR) is 92.0 cm³/mol. The average Bonchev–Trinajstić information content (AvgIpc) is 2.70. The van der Waals surface area contributed by atoms with Gasteiger partial charge in [0.1, 0.15) is 16.9 Å². The zero-order chi connectivity index (χ0) is 16.5. The number of nitrogens with zero attached hydrogens (tertiary/aromatic N) is 2. The molecule has 0 aliphatic carbocycles. The second kappa shape index (κ2) is 6.67. The largest absolute Gasteiger partial charge is 0.463 e. The van der Waals surface area contributed by atoms with Gasteiger partial charge in [0, 0.05) is 25.3 Å². The van der Waals surface area contributed by atoms with Crippen molar-refractivity contribution in [1.29, 1.82) is 0 Å². The van der Waals surface area contributed by atoms with Gasteiger partial charge in [0.15, 0.2) is 0 Å². The smallest absolute Gasteiger partial charge is 0.224 e. The number of rotatable bonds is 5. The Morgan fingerprint density at radius 3 is 2.64 bits per heavy atom. The number of amides is 1. The van der Waals surface area contributed by atoms with Crippen molar-refractivity contribution in [3.63, 3.8) is 0 Å². The number of furan rings is 1. The number of aryl methyl sites for hydroxylation is 2. The van der Waals surface area contributed by atoms with Gasteiger partial charge in [-0.3, -0.25) is 4.79 Å². The molecule has 124 valence electrons. The van der Waals surface area contributed by atoms with Gasteiger partial charge in [0.05, 0.1) is 0 Å². The number of carbonyl (C=O) groups excluding carboxylic acids is 1. The molecule has 1 aromatic heterocycles. The summed E-state index contributed by atoms with van der Waals surface area (Å²) in [4.78, 5) is 16.7. The Labute approximate surface area is 138 Å². The van der Waals surface area contributed by atoms with Crippen molar-refractivity contribution >= 4 is 17.7 Å². The maximum atomic E-state index is 12.5. The van der Waals surface area contributed by atoms with E-state index < -0.39 is 0 Å². The maximum Gasteiger partial charge on any atom is 0.224 e. The third kappa shape index (κ3) is 4.07. The van der Waals surface area contributed by atoms with E-state index in [1.807, 2.05) is 23.6 Å². The molecule has 4 nitrogen and oxygen atoms in total. The monoisotopic (exact) mass is 324 g/mol. The summed E-state index contributed by atoms with van der Waals surface area (Å²) >= 11 is 1.81. The van der Waals surface area contributed by atoms with Gasteiger partial charge in [-0.15, -0.1) is 11.8 Å². The first-order chi connectivity index (χ1) is 10.2. The molecule has 1 aliphatic heterocycles. The summed E-state index contributed by atoms with van der Waals surface area (Å²) in [6.45, 7) is 10.2. The zero-order valence-electron chi connectivity index (χ0n) is 14.6. The van der Waals surface area contributed by atoms with Crippen LogP contribution in [0.4, 0.5) is 0 Å². The van der Waals surface area contributed by atoms with E-state index in [-0.39, 0.29) is 16.7 Å². The highest BCUT2D eigenvalue weighted by Crippen LogP contribution is 2.40. The van der Waals surface area contributed by atoms with E-state index in [0.717, 1.165) is 35.9 Å². The van der Waals surface area contributed by atoms with Crippen LogP contribution in [0.25, 0.3) is 0 Å². The Morgan fingerprint density at radius 2 is 2.09 bits per heavy atom. The van der Waals surface area contributed by atoms with Gasteiger partial charge in [-0.1, -0.05) is 13.8 Å². The molecule has 1 aliphatic rings. The highest BCUT2D eigenvalue weighted by atomic mass is 32.2. The number of carbonyl (C=O) groups is 1. The van der Waals surface area contributed by atoms with Gasteiger partial charge in [-0.25, -0.2) is 0 Å². The van der Waals surface area contributed by atoms with Gasteiger partial charge in [0.25, 0.3) is 0 Å². The molecule has 1 atom stereocenters. The fourth-order valence-electron chi connectivity index (χ4n) is 3.12. The van der Waals surface area contributed by atoms with E-state index >= 15 is 0 Å². The van der Waals surface area contributed by atoms with E-state index in [9.17, 15) is 4.79 Å². The molecule has 1 unspecified atom stereocenters. The molecule has 0 saturated carbocycles. The Morgan fingerprint density at radius 1 is 1.41 bits per heavy atom. The van der Waals surface area contributed by atoms with Crippen LogP contribution >= 0.6 is 11.8 Å². The Bertz CT molecular complexity index is 517. The molecule has 0 aromatic carbocycles. The molecule has 0 bridgehead atoms. The minimum atomic E-state index is 0.00934. The summed E-state index contributed by atoms with van der Waals surface area (Å²) in [5.74, 6) is 2.96. The lowest BCUT2D eigenvalue weighted by Crippen LogP contribution is -2.45. The van der Waals surface area contributed by atoms with Crippen LogP contribution in [0.3, 0.4) is 0 Å². The van der Waals surface area contributed by atoms with Gasteiger partial charge >= 0.3 is 0 Å². The molecule has 1 fully saturated rings. The maximum absolute atomic E-state index is 12.5. The van der Waals surface area contributed by atoms with Crippen LogP contribution in [-0.4, -0.2) is 48.6 Å². The normalized spacial score (nSPS) is 20.0. The van der Waals surface area contributed by atoms with E-state index in [0.29, 0.717) is 6.42 Å². The van der Waals surface area contributed by atoms with Crippen molar-refractivity contribution in [2.24, 2.45) is 5.41 Å². The fraction of sp³-hybridized carbons (Fsp3) is 0.706. The van der Waals surface area contributed by atoms with Crippen molar-refractivity contribution in [3.05, 3.63) is 23.2 Å². The van der Waals surface area contributed by atoms with Crippen molar-refractivity contribution in [1.82, 2.24) is 9.80 Å². The molecule has 0 spiro atoms. The quantitative estimate of drug-likeness (QED) is 0.831. The van der Waals surface area contributed by atoms with Gasteiger partial charge in [0.2, 0.25) is 5.91 Å². The fourth-order valence-corrected chi connectivity index (χ4v) is 4.29. The van der Waals surface area contributed by atoms with Crippen LogP contribution in [0.15, 0.2) is 10.5 Å². The molecular formula is C17H28N2O2S. The molecule has 1 aromatic rings. The van der Waals surface area contributed by atoms with E-state index in [2.05, 4.69) is 45.8 Å². The molecule has 22 heavy (non-hydrogen) atoms. The summed E-state index contributed by atoms with van der Waals surface area (Å²) in [5.41, 5.74) is 1.20. The molecule has 2 rings (SSSR count). The summed E-state index contributed by atoms with van der Waals surface area (Å²) in [6, 6.07) is 2.08. The standard InChI is InChI=1S/C17H28N2O2S/c1-12-9-14(21-13(12)2)16-19(15(20)7-8-22-16)11-17(3,4)10-18(5)6/h9,16H,7-8,10-11H2,1-6H3. The summed E-state index contributed by atoms with van der Waals surface area (Å²) in [7, 11) is 4.15. The molecule has 1 amide bonds. The van der Waals surface area contributed by atoms with E-state index in [4.69, 9.17) is 4.42 Å². The van der Waals surface area contributed by atoms with Crippen LogP contribution in [0.2, 0.25) is 0 Å². The Hall–Kier alpha value is -0.940.